The first-order valence-electron chi connectivity index (χ1n) is 10.4. The number of aromatic nitrogens is 4. The molecule has 33 heavy (non-hydrogen) atoms. The Balaban J connectivity index is 1.76. The maximum Gasteiger partial charge on any atom is 0.156 e. The van der Waals surface area contributed by atoms with Crippen LogP contribution in [0.15, 0.2) is 36.5 Å². The van der Waals surface area contributed by atoms with Gasteiger partial charge in [0.15, 0.2) is 5.65 Å². The first-order valence-corrected chi connectivity index (χ1v) is 10.4. The Morgan fingerprint density at radius 2 is 1.91 bits per heavy atom. The Bertz CT molecular complexity index is 1360. The van der Waals surface area contributed by atoms with E-state index in [-0.39, 0.29) is 22.6 Å². The summed E-state index contributed by atoms with van der Waals surface area (Å²) in [4.78, 5) is 13.3. The highest BCUT2D eigenvalue weighted by Crippen LogP contribution is 2.35. The van der Waals surface area contributed by atoms with Gasteiger partial charge < -0.3 is 14.9 Å². The molecule has 1 aromatic carbocycles. The fourth-order valence-corrected chi connectivity index (χ4v) is 3.69. The van der Waals surface area contributed by atoms with Crippen LogP contribution in [-0.2, 0) is 0 Å². The van der Waals surface area contributed by atoms with Crippen molar-refractivity contribution in [2.45, 2.75) is 6.92 Å². The minimum atomic E-state index is -0.657. The molecule has 0 atom stereocenters. The summed E-state index contributed by atoms with van der Waals surface area (Å²) in [6.07, 6.45) is 1.75. The zero-order chi connectivity index (χ0) is 23.7. The Kier molecular flexibility index (Phi) is 5.94. The molecular weight excluding hydrogens is 421 g/mol. The number of nitriles is 1. The predicted octanol–water partition coefficient (Wildman–Crippen LogP) is 3.71. The molecule has 0 unspecified atom stereocenters. The van der Waals surface area contributed by atoms with Crippen molar-refractivity contribution in [3.63, 3.8) is 0 Å². The zero-order valence-corrected chi connectivity index (χ0v) is 18.9. The molecule has 9 heteroatoms. The molecule has 0 spiro atoms. The van der Waals surface area contributed by atoms with E-state index in [4.69, 9.17) is 0 Å². The number of rotatable bonds is 6. The van der Waals surface area contributed by atoms with Crippen LogP contribution in [0, 0.1) is 24.1 Å². The van der Waals surface area contributed by atoms with Gasteiger partial charge in [-0.25, -0.2) is 14.4 Å². The van der Waals surface area contributed by atoms with Gasteiger partial charge in [-0.15, -0.1) is 0 Å². The van der Waals surface area contributed by atoms with E-state index in [1.54, 1.807) is 13.1 Å². The molecule has 0 bridgehead atoms. The molecular formula is C24H24FN7O. The van der Waals surface area contributed by atoms with Crippen LogP contribution in [-0.4, -0.2) is 64.4 Å². The van der Waals surface area contributed by atoms with Crippen molar-refractivity contribution in [1.29, 1.82) is 5.26 Å². The van der Waals surface area contributed by atoms with Gasteiger partial charge in [0.25, 0.3) is 0 Å². The average Bonchev–Trinajstić information content (AvgIpc) is 3.22. The van der Waals surface area contributed by atoms with E-state index in [1.807, 2.05) is 33.3 Å². The molecule has 0 aliphatic heterocycles. The molecule has 0 fully saturated rings. The number of nitrogens with one attached hydrogen (secondary N) is 1. The first kappa shape index (κ1) is 22.2. The number of aromatic amines is 1. The van der Waals surface area contributed by atoms with E-state index < -0.39 is 5.82 Å². The van der Waals surface area contributed by atoms with Crippen LogP contribution < -0.4 is 4.90 Å². The van der Waals surface area contributed by atoms with Crippen molar-refractivity contribution in [1.82, 2.24) is 25.1 Å². The number of aryl methyl sites for hydroxylation is 1. The van der Waals surface area contributed by atoms with Gasteiger partial charge in [0.1, 0.15) is 29.1 Å². The SMILES string of the molecule is Cc1c(C#N)c(-c2ccc(O)cc2F)nc2[nH]nc(-c3ccc(N(C)CCN(C)C)nc3)c12. The molecule has 0 radical (unpaired) electrons. The topological polar surface area (TPSA) is 105 Å². The highest BCUT2D eigenvalue weighted by molar-refractivity contribution is 5.96. The summed E-state index contributed by atoms with van der Waals surface area (Å²) < 4.78 is 14.5. The second kappa shape index (κ2) is 8.84. The Hall–Kier alpha value is -4.03. The Morgan fingerprint density at radius 3 is 2.55 bits per heavy atom. The lowest BCUT2D eigenvalue weighted by atomic mass is 9.98. The molecule has 0 amide bonds. The van der Waals surface area contributed by atoms with Crippen LogP contribution in [0.2, 0.25) is 0 Å². The van der Waals surface area contributed by atoms with E-state index in [9.17, 15) is 14.8 Å². The summed E-state index contributed by atoms with van der Waals surface area (Å²) in [6, 6.07) is 9.79. The third-order valence-corrected chi connectivity index (χ3v) is 5.57. The van der Waals surface area contributed by atoms with Gasteiger partial charge in [-0.3, -0.25) is 5.10 Å². The highest BCUT2D eigenvalue weighted by Gasteiger charge is 2.21. The zero-order valence-electron chi connectivity index (χ0n) is 18.9. The van der Waals surface area contributed by atoms with Crippen molar-refractivity contribution < 1.29 is 9.50 Å². The molecule has 0 aliphatic rings. The molecule has 4 rings (SSSR count). The maximum absolute atomic E-state index is 14.5. The predicted molar refractivity (Wildman–Crippen MR) is 125 cm³/mol. The minimum absolute atomic E-state index is 0.136. The Labute approximate surface area is 190 Å². The van der Waals surface area contributed by atoms with Crippen LogP contribution in [0.5, 0.6) is 5.75 Å². The van der Waals surface area contributed by atoms with E-state index in [0.717, 1.165) is 30.5 Å². The minimum Gasteiger partial charge on any atom is -0.508 e. The third-order valence-electron chi connectivity index (χ3n) is 5.57. The van der Waals surface area contributed by atoms with Gasteiger partial charge in [0, 0.05) is 43.5 Å². The first-order chi connectivity index (χ1) is 15.8. The number of halogens is 1. The Morgan fingerprint density at radius 1 is 1.12 bits per heavy atom. The van der Waals surface area contributed by atoms with Crippen LogP contribution in [0.1, 0.15) is 11.1 Å². The van der Waals surface area contributed by atoms with Crippen LogP contribution >= 0.6 is 0 Å². The highest BCUT2D eigenvalue weighted by atomic mass is 19.1. The second-order valence-corrected chi connectivity index (χ2v) is 8.16. The van der Waals surface area contributed by atoms with Crippen LogP contribution in [0.4, 0.5) is 10.2 Å². The molecule has 8 nitrogen and oxygen atoms in total. The van der Waals surface area contributed by atoms with Crippen molar-refractivity contribution in [2.24, 2.45) is 0 Å². The van der Waals surface area contributed by atoms with Crippen molar-refractivity contribution in [3.8, 4) is 34.3 Å². The number of likely N-dealkylation sites (N-methyl/N-ethyl adjacent to an activating group) is 2. The summed E-state index contributed by atoms with van der Waals surface area (Å²) in [5, 5.41) is 27.4. The number of fused-ring (bicyclic) bond motifs is 1. The van der Waals surface area contributed by atoms with E-state index >= 15 is 0 Å². The molecule has 3 aromatic heterocycles. The summed E-state index contributed by atoms with van der Waals surface area (Å²) in [6.45, 7) is 3.55. The van der Waals surface area contributed by atoms with Crippen molar-refractivity contribution in [3.05, 3.63) is 53.5 Å². The number of pyridine rings is 2. The van der Waals surface area contributed by atoms with E-state index in [2.05, 4.69) is 36.0 Å². The smallest absolute Gasteiger partial charge is 0.156 e. The number of phenolic OH excluding ortho intramolecular Hbond substituents is 1. The molecule has 4 aromatic rings. The second-order valence-electron chi connectivity index (χ2n) is 8.16. The maximum atomic E-state index is 14.5. The monoisotopic (exact) mass is 445 g/mol. The van der Waals surface area contributed by atoms with E-state index in [0.29, 0.717) is 22.3 Å². The van der Waals surface area contributed by atoms with Crippen LogP contribution in [0.3, 0.4) is 0 Å². The summed E-state index contributed by atoms with van der Waals surface area (Å²) in [5.74, 6) is -0.00607. The molecule has 168 valence electrons. The molecule has 0 saturated heterocycles. The number of H-pyrrole nitrogens is 1. The summed E-state index contributed by atoms with van der Waals surface area (Å²) >= 11 is 0. The number of hydrogen-bond donors (Lipinski definition) is 2. The summed E-state index contributed by atoms with van der Waals surface area (Å²) in [7, 11) is 6.05. The number of nitrogens with zero attached hydrogens (tertiary/aromatic N) is 6. The molecule has 0 aliphatic carbocycles. The number of anilines is 1. The largest absolute Gasteiger partial charge is 0.508 e. The summed E-state index contributed by atoms with van der Waals surface area (Å²) in [5.41, 5.74) is 3.07. The van der Waals surface area contributed by atoms with E-state index in [1.165, 1.54) is 12.1 Å². The number of benzene rings is 1. The molecule has 2 N–H and O–H groups in total. The standard InChI is InChI=1S/C24H24FN7O/c1-14-18(12-26)23(17-7-6-16(33)11-19(17)25)28-24-21(14)22(29-30-24)15-5-8-20(27-13-15)32(4)10-9-31(2)3/h5-8,11,13,33H,9-10H2,1-4H3,(H,28,29,30). The fourth-order valence-electron chi connectivity index (χ4n) is 3.69. The van der Waals surface area contributed by atoms with Gasteiger partial charge in [-0.1, -0.05) is 0 Å². The van der Waals surface area contributed by atoms with Crippen LogP contribution in [0.25, 0.3) is 33.5 Å². The lowest BCUT2D eigenvalue weighted by Crippen LogP contribution is -2.28. The number of aromatic hydroxyl groups is 1. The lowest BCUT2D eigenvalue weighted by Gasteiger charge is -2.20. The average molecular weight is 446 g/mol. The van der Waals surface area contributed by atoms with Crippen molar-refractivity contribution >= 4 is 16.9 Å². The normalized spacial score (nSPS) is 11.2. The van der Waals surface area contributed by atoms with Gasteiger partial charge in [0.2, 0.25) is 0 Å². The van der Waals surface area contributed by atoms with Gasteiger partial charge in [0.05, 0.1) is 16.6 Å². The third kappa shape index (κ3) is 4.21. The quantitative estimate of drug-likeness (QED) is 0.466. The number of hydrogen-bond acceptors (Lipinski definition) is 7. The van der Waals surface area contributed by atoms with Gasteiger partial charge in [-0.2, -0.15) is 10.4 Å². The fraction of sp³-hybridized carbons (Fsp3) is 0.250. The number of phenols is 1. The lowest BCUT2D eigenvalue weighted by molar-refractivity contribution is 0.416. The van der Waals surface area contributed by atoms with Crippen molar-refractivity contribution in [2.75, 3.05) is 39.1 Å². The van der Waals surface area contributed by atoms with Gasteiger partial charge in [-0.05, 0) is 50.8 Å². The molecule has 3 heterocycles. The molecule has 0 saturated carbocycles. The van der Waals surface area contributed by atoms with Gasteiger partial charge >= 0.3 is 0 Å².